The Bertz CT molecular complexity index is 514. The molecule has 0 aliphatic carbocycles. The number of allylic oxidation sites excluding steroid dienone is 1. The van der Waals surface area contributed by atoms with Crippen molar-refractivity contribution in [2.24, 2.45) is 0 Å². The molecule has 4 nitrogen and oxygen atoms in total. The van der Waals surface area contributed by atoms with Crippen LogP contribution in [0.2, 0.25) is 0 Å². The van der Waals surface area contributed by atoms with Crippen LogP contribution in [0.15, 0.2) is 42.6 Å². The maximum Gasteiger partial charge on any atom is 0.152 e. The lowest BCUT2D eigenvalue weighted by Crippen LogP contribution is -1.93. The SMILES string of the molecule is CC(=O)/C=C/c1cn(-c2ccccc2)nn1. The number of aromatic nitrogens is 3. The first-order valence-corrected chi connectivity index (χ1v) is 4.92. The van der Waals surface area contributed by atoms with Gasteiger partial charge in [-0.05, 0) is 31.2 Å². The van der Waals surface area contributed by atoms with Crippen molar-refractivity contribution in [2.45, 2.75) is 6.92 Å². The van der Waals surface area contributed by atoms with Crippen molar-refractivity contribution >= 4 is 11.9 Å². The third-order valence-electron chi connectivity index (χ3n) is 2.02. The zero-order valence-corrected chi connectivity index (χ0v) is 8.87. The normalized spacial score (nSPS) is 10.8. The molecule has 4 heteroatoms. The molecule has 0 spiro atoms. The smallest absolute Gasteiger partial charge is 0.152 e. The van der Waals surface area contributed by atoms with Gasteiger partial charge in [-0.1, -0.05) is 23.4 Å². The Labute approximate surface area is 93.2 Å². The molecule has 0 radical (unpaired) electrons. The highest BCUT2D eigenvalue weighted by Crippen LogP contribution is 2.06. The van der Waals surface area contributed by atoms with Crippen molar-refractivity contribution < 1.29 is 4.79 Å². The van der Waals surface area contributed by atoms with Gasteiger partial charge in [-0.2, -0.15) is 0 Å². The predicted molar refractivity (Wildman–Crippen MR) is 61.1 cm³/mol. The van der Waals surface area contributed by atoms with E-state index in [-0.39, 0.29) is 5.78 Å². The van der Waals surface area contributed by atoms with Crippen LogP contribution in [-0.2, 0) is 4.79 Å². The molecule has 0 bridgehead atoms. The molecular formula is C12H11N3O. The molecule has 0 aliphatic heterocycles. The monoisotopic (exact) mass is 213 g/mol. The molecule has 0 N–H and O–H groups in total. The van der Waals surface area contributed by atoms with E-state index in [9.17, 15) is 4.79 Å². The van der Waals surface area contributed by atoms with Gasteiger partial charge in [0.2, 0.25) is 0 Å². The molecule has 0 amide bonds. The molecule has 0 fully saturated rings. The molecule has 0 unspecified atom stereocenters. The minimum absolute atomic E-state index is 0.00531. The Kier molecular flexibility index (Phi) is 2.91. The lowest BCUT2D eigenvalue weighted by molar-refractivity contribution is -0.112. The van der Waals surface area contributed by atoms with E-state index in [1.807, 2.05) is 30.3 Å². The van der Waals surface area contributed by atoms with Gasteiger partial charge in [0.1, 0.15) is 5.69 Å². The highest BCUT2D eigenvalue weighted by molar-refractivity contribution is 5.91. The molecule has 16 heavy (non-hydrogen) atoms. The number of benzene rings is 1. The van der Waals surface area contributed by atoms with Gasteiger partial charge < -0.3 is 0 Å². The molecule has 0 aliphatic rings. The molecule has 0 saturated carbocycles. The van der Waals surface area contributed by atoms with Gasteiger partial charge in [-0.15, -0.1) is 5.10 Å². The van der Waals surface area contributed by atoms with E-state index in [2.05, 4.69) is 10.3 Å². The first-order valence-electron chi connectivity index (χ1n) is 4.92. The Morgan fingerprint density at radius 2 is 2.06 bits per heavy atom. The van der Waals surface area contributed by atoms with E-state index in [0.29, 0.717) is 5.69 Å². The number of hydrogen-bond acceptors (Lipinski definition) is 3. The summed E-state index contributed by atoms with van der Waals surface area (Å²) >= 11 is 0. The lowest BCUT2D eigenvalue weighted by Gasteiger charge is -1.96. The number of carbonyl (C=O) groups is 1. The van der Waals surface area contributed by atoms with Crippen molar-refractivity contribution in [3.8, 4) is 5.69 Å². The summed E-state index contributed by atoms with van der Waals surface area (Å²) in [5.74, 6) is -0.00531. The highest BCUT2D eigenvalue weighted by Gasteiger charge is 1.99. The summed E-state index contributed by atoms with van der Waals surface area (Å²) < 4.78 is 1.67. The Morgan fingerprint density at radius 3 is 2.75 bits per heavy atom. The van der Waals surface area contributed by atoms with Gasteiger partial charge in [0.25, 0.3) is 0 Å². The average molecular weight is 213 g/mol. The van der Waals surface area contributed by atoms with E-state index < -0.39 is 0 Å². The van der Waals surface area contributed by atoms with E-state index in [0.717, 1.165) is 5.69 Å². The van der Waals surface area contributed by atoms with E-state index in [1.54, 1.807) is 17.0 Å². The second kappa shape index (κ2) is 4.53. The fraction of sp³-hybridized carbons (Fsp3) is 0.0833. The van der Waals surface area contributed by atoms with Gasteiger partial charge >= 0.3 is 0 Å². The second-order valence-electron chi connectivity index (χ2n) is 3.37. The number of rotatable bonds is 3. The Balaban J connectivity index is 2.23. The minimum Gasteiger partial charge on any atom is -0.295 e. The first-order chi connectivity index (χ1) is 7.75. The second-order valence-corrected chi connectivity index (χ2v) is 3.37. The molecule has 2 rings (SSSR count). The summed E-state index contributed by atoms with van der Waals surface area (Å²) in [5, 5.41) is 7.91. The number of carbonyl (C=O) groups excluding carboxylic acids is 1. The molecule has 0 atom stereocenters. The fourth-order valence-electron chi connectivity index (χ4n) is 1.26. The quantitative estimate of drug-likeness (QED) is 0.731. The maximum absolute atomic E-state index is 10.8. The highest BCUT2D eigenvalue weighted by atomic mass is 16.1. The summed E-state index contributed by atoms with van der Waals surface area (Å²) in [6, 6.07) is 9.68. The van der Waals surface area contributed by atoms with Crippen molar-refractivity contribution in [1.82, 2.24) is 15.0 Å². The third-order valence-corrected chi connectivity index (χ3v) is 2.02. The van der Waals surface area contributed by atoms with Gasteiger partial charge in [0, 0.05) is 0 Å². The van der Waals surface area contributed by atoms with Gasteiger partial charge in [0.15, 0.2) is 5.78 Å². The zero-order valence-electron chi connectivity index (χ0n) is 8.87. The molecular weight excluding hydrogens is 202 g/mol. The van der Waals surface area contributed by atoms with Crippen LogP contribution in [0.1, 0.15) is 12.6 Å². The predicted octanol–water partition coefficient (Wildman–Crippen LogP) is 1.87. The molecule has 80 valence electrons. The van der Waals surface area contributed by atoms with Gasteiger partial charge in [-0.3, -0.25) is 4.79 Å². The van der Waals surface area contributed by atoms with Crippen molar-refractivity contribution in [3.63, 3.8) is 0 Å². The van der Waals surface area contributed by atoms with Crippen molar-refractivity contribution in [1.29, 1.82) is 0 Å². The Hall–Kier alpha value is -2.23. The molecule has 2 aromatic rings. The molecule has 0 saturated heterocycles. The standard InChI is InChI=1S/C12H11N3O/c1-10(16)7-8-11-9-15(14-13-11)12-5-3-2-4-6-12/h2-9H,1H3/b8-7+. The summed E-state index contributed by atoms with van der Waals surface area (Å²) in [5.41, 5.74) is 1.61. The van der Waals surface area contributed by atoms with Crippen LogP contribution in [0.4, 0.5) is 0 Å². The zero-order chi connectivity index (χ0) is 11.4. The van der Waals surface area contributed by atoms with E-state index in [1.165, 1.54) is 13.0 Å². The van der Waals surface area contributed by atoms with Gasteiger partial charge in [-0.25, -0.2) is 4.68 Å². The maximum atomic E-state index is 10.8. The van der Waals surface area contributed by atoms with Crippen LogP contribution in [0.25, 0.3) is 11.8 Å². The molecule has 1 heterocycles. The average Bonchev–Trinajstić information content (AvgIpc) is 2.76. The van der Waals surface area contributed by atoms with Crippen LogP contribution in [-0.4, -0.2) is 20.8 Å². The fourth-order valence-corrected chi connectivity index (χ4v) is 1.26. The van der Waals surface area contributed by atoms with Crippen LogP contribution in [0.5, 0.6) is 0 Å². The number of para-hydroxylation sites is 1. The molecule has 1 aromatic carbocycles. The van der Waals surface area contributed by atoms with Crippen LogP contribution < -0.4 is 0 Å². The summed E-state index contributed by atoms with van der Waals surface area (Å²) in [7, 11) is 0. The first kappa shape index (κ1) is 10.3. The van der Waals surface area contributed by atoms with E-state index in [4.69, 9.17) is 0 Å². The summed E-state index contributed by atoms with van der Waals surface area (Å²) in [6.45, 7) is 1.50. The van der Waals surface area contributed by atoms with Crippen LogP contribution in [0.3, 0.4) is 0 Å². The number of nitrogens with zero attached hydrogens (tertiary/aromatic N) is 3. The Morgan fingerprint density at radius 1 is 1.31 bits per heavy atom. The number of hydrogen-bond donors (Lipinski definition) is 0. The number of ketones is 1. The topological polar surface area (TPSA) is 47.8 Å². The third kappa shape index (κ3) is 2.42. The summed E-state index contributed by atoms with van der Waals surface area (Å²) in [6.07, 6.45) is 4.89. The minimum atomic E-state index is -0.00531. The van der Waals surface area contributed by atoms with Crippen LogP contribution >= 0.6 is 0 Å². The van der Waals surface area contributed by atoms with Gasteiger partial charge in [0.05, 0.1) is 11.9 Å². The largest absolute Gasteiger partial charge is 0.295 e. The summed E-state index contributed by atoms with van der Waals surface area (Å²) in [4.78, 5) is 10.8. The van der Waals surface area contributed by atoms with Crippen molar-refractivity contribution in [3.05, 3.63) is 48.3 Å². The lowest BCUT2D eigenvalue weighted by atomic mass is 10.3. The van der Waals surface area contributed by atoms with Crippen molar-refractivity contribution in [2.75, 3.05) is 0 Å². The van der Waals surface area contributed by atoms with Crippen LogP contribution in [0, 0.1) is 0 Å². The molecule has 1 aromatic heterocycles. The van der Waals surface area contributed by atoms with E-state index >= 15 is 0 Å².